The monoisotopic (exact) mass is 460 g/mol. The van der Waals surface area contributed by atoms with Crippen LogP contribution in [0.25, 0.3) is 0 Å². The first kappa shape index (κ1) is 22.2. The topological polar surface area (TPSA) is 75.7 Å². The van der Waals surface area contributed by atoms with Crippen molar-refractivity contribution in [1.82, 2.24) is 9.62 Å². The number of halogens is 1. The number of carbonyl (C=O) groups is 1. The maximum atomic E-state index is 13.3. The number of nitrogens with zero attached hydrogens (tertiary/aromatic N) is 1. The molecule has 1 aliphatic rings. The van der Waals surface area contributed by atoms with E-state index in [2.05, 4.69) is 21.2 Å². The van der Waals surface area contributed by atoms with E-state index in [0.29, 0.717) is 17.4 Å². The normalized spacial score (nSPS) is 20.1. The number of amides is 1. The van der Waals surface area contributed by atoms with Crippen LogP contribution in [0.15, 0.2) is 27.6 Å². The summed E-state index contributed by atoms with van der Waals surface area (Å²) in [5.41, 5.74) is 0.380. The van der Waals surface area contributed by atoms with Crippen molar-refractivity contribution in [2.45, 2.75) is 76.5 Å². The predicted octanol–water partition coefficient (Wildman–Crippen LogP) is 4.21. The summed E-state index contributed by atoms with van der Waals surface area (Å²) in [6.45, 7) is 9.56. The van der Waals surface area contributed by atoms with Gasteiger partial charge in [0.05, 0.1) is 4.90 Å². The number of sulfonamides is 1. The lowest BCUT2D eigenvalue weighted by molar-refractivity contribution is 0.0478. The molecule has 0 saturated carbocycles. The second-order valence-corrected chi connectivity index (χ2v) is 10.8. The maximum Gasteiger partial charge on any atom is 0.407 e. The molecule has 0 bridgehead atoms. The van der Waals surface area contributed by atoms with E-state index in [4.69, 9.17) is 4.74 Å². The number of carbonyl (C=O) groups excluding carboxylic acids is 1. The highest BCUT2D eigenvalue weighted by Gasteiger charge is 2.38. The zero-order valence-electron chi connectivity index (χ0n) is 16.6. The van der Waals surface area contributed by atoms with Crippen LogP contribution in [0.4, 0.5) is 4.79 Å². The lowest BCUT2D eigenvalue weighted by Crippen LogP contribution is -2.54. The van der Waals surface area contributed by atoms with Crippen LogP contribution in [0.2, 0.25) is 0 Å². The van der Waals surface area contributed by atoms with E-state index in [1.165, 1.54) is 4.31 Å². The summed E-state index contributed by atoms with van der Waals surface area (Å²) in [7, 11) is -3.68. The molecule has 1 saturated heterocycles. The quantitative estimate of drug-likeness (QED) is 0.729. The van der Waals surface area contributed by atoms with Crippen LogP contribution in [0.1, 0.15) is 52.5 Å². The van der Waals surface area contributed by atoms with Gasteiger partial charge in [-0.3, -0.25) is 0 Å². The molecule has 0 radical (unpaired) electrons. The number of aryl methyl sites for hydroxylation is 1. The molecule has 2 atom stereocenters. The summed E-state index contributed by atoms with van der Waals surface area (Å²) < 4.78 is 34.0. The van der Waals surface area contributed by atoms with Crippen molar-refractivity contribution >= 4 is 32.0 Å². The molecule has 0 spiro atoms. The zero-order valence-corrected chi connectivity index (χ0v) is 19.0. The van der Waals surface area contributed by atoms with E-state index >= 15 is 0 Å². The minimum atomic E-state index is -3.68. The number of hydrogen-bond acceptors (Lipinski definition) is 4. The molecule has 1 fully saturated rings. The van der Waals surface area contributed by atoms with Crippen molar-refractivity contribution in [3.8, 4) is 0 Å². The molecule has 1 amide bonds. The molecule has 6 nitrogen and oxygen atoms in total. The van der Waals surface area contributed by atoms with E-state index in [1.807, 2.05) is 13.8 Å². The van der Waals surface area contributed by atoms with Crippen LogP contribution < -0.4 is 5.32 Å². The number of benzene rings is 1. The van der Waals surface area contributed by atoms with Gasteiger partial charge in [0.15, 0.2) is 0 Å². The number of hydrogen-bond donors (Lipinski definition) is 1. The molecule has 1 aromatic carbocycles. The van der Waals surface area contributed by atoms with E-state index in [0.717, 1.165) is 18.4 Å². The first-order valence-electron chi connectivity index (χ1n) is 9.19. The molecule has 1 aliphatic heterocycles. The minimum absolute atomic E-state index is 0.254. The first-order valence-corrected chi connectivity index (χ1v) is 11.4. The standard InChI is InChI=1S/C19H29BrN2O4S/c1-13-9-10-17(15(20)12-13)27(24,25)22-11-7-6-8-16(22)14(2)21-18(23)26-19(3,4)5/h9-10,12,14,16H,6-8,11H2,1-5H3,(H,21,23)/t14-,16+/m1/s1. The van der Waals surface area contributed by atoms with Gasteiger partial charge < -0.3 is 10.1 Å². The van der Waals surface area contributed by atoms with Gasteiger partial charge in [-0.25, -0.2) is 13.2 Å². The van der Waals surface area contributed by atoms with Crippen LogP contribution in [-0.2, 0) is 14.8 Å². The maximum absolute atomic E-state index is 13.3. The molecule has 8 heteroatoms. The Hall–Kier alpha value is -1.12. The fraction of sp³-hybridized carbons (Fsp3) is 0.632. The Morgan fingerprint density at radius 2 is 2.00 bits per heavy atom. The Kier molecular flexibility index (Phi) is 6.97. The fourth-order valence-electron chi connectivity index (χ4n) is 3.26. The Morgan fingerprint density at radius 1 is 1.33 bits per heavy atom. The van der Waals surface area contributed by atoms with Gasteiger partial charge in [-0.2, -0.15) is 4.31 Å². The first-order chi connectivity index (χ1) is 12.4. The Bertz CT molecular complexity index is 789. The summed E-state index contributed by atoms with van der Waals surface area (Å²) in [4.78, 5) is 12.4. The van der Waals surface area contributed by atoms with E-state index in [-0.39, 0.29) is 17.0 Å². The molecule has 1 N–H and O–H groups in total. The van der Waals surface area contributed by atoms with E-state index in [9.17, 15) is 13.2 Å². The van der Waals surface area contributed by atoms with Crippen LogP contribution >= 0.6 is 15.9 Å². The van der Waals surface area contributed by atoms with Crippen molar-refractivity contribution in [1.29, 1.82) is 0 Å². The number of ether oxygens (including phenoxy) is 1. The predicted molar refractivity (Wildman–Crippen MR) is 109 cm³/mol. The molecule has 2 rings (SSSR count). The molecule has 0 unspecified atom stereocenters. The average molecular weight is 461 g/mol. The third-order valence-electron chi connectivity index (χ3n) is 4.49. The van der Waals surface area contributed by atoms with Crippen molar-refractivity contribution in [3.63, 3.8) is 0 Å². The smallest absolute Gasteiger partial charge is 0.407 e. The van der Waals surface area contributed by atoms with Crippen molar-refractivity contribution < 1.29 is 17.9 Å². The molecule has 27 heavy (non-hydrogen) atoms. The van der Waals surface area contributed by atoms with Crippen LogP contribution in [-0.4, -0.2) is 43.0 Å². The summed E-state index contributed by atoms with van der Waals surface area (Å²) in [6.07, 6.45) is 1.89. The minimum Gasteiger partial charge on any atom is -0.444 e. The lowest BCUT2D eigenvalue weighted by Gasteiger charge is -2.38. The Morgan fingerprint density at radius 3 is 2.59 bits per heavy atom. The molecular formula is C19H29BrN2O4S. The van der Waals surface area contributed by atoms with Gasteiger partial charge in [-0.1, -0.05) is 12.5 Å². The van der Waals surface area contributed by atoms with Crippen LogP contribution in [0, 0.1) is 6.92 Å². The third kappa shape index (κ3) is 5.68. The average Bonchev–Trinajstić information content (AvgIpc) is 2.52. The second kappa shape index (κ2) is 8.49. The van der Waals surface area contributed by atoms with E-state index < -0.39 is 21.7 Å². The number of rotatable bonds is 4. The van der Waals surface area contributed by atoms with Gasteiger partial charge in [0.1, 0.15) is 5.60 Å². The molecule has 0 aromatic heterocycles. The van der Waals surface area contributed by atoms with Crippen LogP contribution in [0.3, 0.4) is 0 Å². The lowest BCUT2D eigenvalue weighted by atomic mass is 9.99. The Balaban J connectivity index is 2.24. The SMILES string of the molecule is Cc1ccc(S(=O)(=O)N2CCCC[C@H]2[C@@H](C)NC(=O)OC(C)(C)C)c(Br)c1. The molecule has 1 heterocycles. The third-order valence-corrected chi connectivity index (χ3v) is 7.40. The van der Waals surface area contributed by atoms with Gasteiger partial charge in [-0.15, -0.1) is 0 Å². The zero-order chi connectivity index (χ0) is 20.4. The highest BCUT2D eigenvalue weighted by atomic mass is 79.9. The van der Waals surface area contributed by atoms with Crippen molar-refractivity contribution in [2.24, 2.45) is 0 Å². The van der Waals surface area contributed by atoms with Gasteiger partial charge in [0.25, 0.3) is 0 Å². The number of piperidine rings is 1. The van der Waals surface area contributed by atoms with Gasteiger partial charge in [-0.05, 0) is 81.1 Å². The molecule has 1 aromatic rings. The fourth-order valence-corrected chi connectivity index (χ4v) is 6.18. The Labute approximate surface area is 170 Å². The van der Waals surface area contributed by atoms with Crippen molar-refractivity contribution in [2.75, 3.05) is 6.54 Å². The highest BCUT2D eigenvalue weighted by Crippen LogP contribution is 2.31. The largest absolute Gasteiger partial charge is 0.444 e. The molecule has 0 aliphatic carbocycles. The van der Waals surface area contributed by atoms with Gasteiger partial charge >= 0.3 is 6.09 Å². The summed E-state index contributed by atoms with van der Waals surface area (Å²) in [5.74, 6) is 0. The second-order valence-electron chi connectivity index (χ2n) is 8.05. The summed E-state index contributed by atoms with van der Waals surface area (Å²) in [5, 5.41) is 2.80. The van der Waals surface area contributed by atoms with Gasteiger partial charge in [0, 0.05) is 23.1 Å². The van der Waals surface area contributed by atoms with Gasteiger partial charge in [0.2, 0.25) is 10.0 Å². The van der Waals surface area contributed by atoms with Crippen molar-refractivity contribution in [3.05, 3.63) is 28.2 Å². The van der Waals surface area contributed by atoms with Crippen LogP contribution in [0.5, 0.6) is 0 Å². The summed E-state index contributed by atoms with van der Waals surface area (Å²) >= 11 is 3.38. The molecule has 152 valence electrons. The summed E-state index contributed by atoms with van der Waals surface area (Å²) in [6, 6.07) is 4.54. The highest BCUT2D eigenvalue weighted by molar-refractivity contribution is 9.10. The molecular weight excluding hydrogens is 432 g/mol. The van der Waals surface area contributed by atoms with E-state index in [1.54, 1.807) is 39.0 Å². The number of nitrogens with one attached hydrogen (secondary N) is 1. The number of alkyl carbamates (subject to hydrolysis) is 1.